The normalized spacial score (nSPS) is 23.1. The first-order valence-corrected chi connectivity index (χ1v) is 5.66. The highest BCUT2D eigenvalue weighted by Gasteiger charge is 2.21. The van der Waals surface area contributed by atoms with Crippen LogP contribution in [0.4, 0.5) is 0 Å². The highest BCUT2D eigenvalue weighted by atomic mass is 32.1. The van der Waals surface area contributed by atoms with Gasteiger partial charge in [-0.25, -0.2) is 0 Å². The molecule has 0 amide bonds. The molecule has 2 N–H and O–H groups in total. The Bertz CT molecular complexity index is 347. The van der Waals surface area contributed by atoms with Crippen LogP contribution in [0.1, 0.15) is 12.1 Å². The Morgan fingerprint density at radius 3 is 3.14 bits per heavy atom. The average Bonchev–Trinajstić information content (AvgIpc) is 2.76. The Morgan fingerprint density at radius 2 is 2.57 bits per heavy atom. The van der Waals surface area contributed by atoms with Crippen LogP contribution in [0.3, 0.4) is 0 Å². The SMILES string of the molecule is O=c1[nH]c(CN2CCC(CO)C2)cs1. The molecular formula is C9H14N2O2S. The molecule has 0 aromatic carbocycles. The molecule has 0 aliphatic carbocycles. The Morgan fingerprint density at radius 1 is 1.71 bits per heavy atom. The predicted molar refractivity (Wildman–Crippen MR) is 55.4 cm³/mol. The number of hydrogen-bond acceptors (Lipinski definition) is 4. The Labute approximate surface area is 86.2 Å². The maximum Gasteiger partial charge on any atom is 0.304 e. The number of H-pyrrole nitrogens is 1. The van der Waals surface area contributed by atoms with Crippen molar-refractivity contribution in [2.24, 2.45) is 5.92 Å². The van der Waals surface area contributed by atoms with Crippen molar-refractivity contribution in [1.82, 2.24) is 9.88 Å². The van der Waals surface area contributed by atoms with Gasteiger partial charge in [-0.2, -0.15) is 0 Å². The molecule has 0 saturated carbocycles. The Hall–Kier alpha value is -0.650. The highest BCUT2D eigenvalue weighted by Crippen LogP contribution is 2.17. The van der Waals surface area contributed by atoms with Crippen molar-refractivity contribution >= 4 is 11.3 Å². The van der Waals surface area contributed by atoms with E-state index in [1.54, 1.807) is 0 Å². The van der Waals surface area contributed by atoms with E-state index in [0.717, 1.165) is 31.7 Å². The zero-order valence-corrected chi connectivity index (χ0v) is 8.72. The molecule has 1 aliphatic rings. The summed E-state index contributed by atoms with van der Waals surface area (Å²) in [6.07, 6.45) is 1.06. The van der Waals surface area contributed by atoms with Crippen LogP contribution in [0.2, 0.25) is 0 Å². The highest BCUT2D eigenvalue weighted by molar-refractivity contribution is 7.07. The van der Waals surface area contributed by atoms with E-state index in [1.165, 1.54) is 11.3 Å². The second-order valence-corrected chi connectivity index (χ2v) is 4.59. The number of aliphatic hydroxyl groups is 1. The number of likely N-dealkylation sites (tertiary alicyclic amines) is 1. The van der Waals surface area contributed by atoms with Crippen LogP contribution in [0.15, 0.2) is 10.2 Å². The van der Waals surface area contributed by atoms with Crippen molar-refractivity contribution in [3.05, 3.63) is 20.7 Å². The van der Waals surface area contributed by atoms with Crippen molar-refractivity contribution in [3.8, 4) is 0 Å². The van der Waals surface area contributed by atoms with Crippen molar-refractivity contribution < 1.29 is 5.11 Å². The molecule has 78 valence electrons. The van der Waals surface area contributed by atoms with Crippen LogP contribution >= 0.6 is 11.3 Å². The summed E-state index contributed by atoms with van der Waals surface area (Å²) >= 11 is 1.21. The summed E-state index contributed by atoms with van der Waals surface area (Å²) in [4.78, 5) is 16.0. The number of rotatable bonds is 3. The lowest BCUT2D eigenvalue weighted by Crippen LogP contribution is -2.21. The maximum atomic E-state index is 10.9. The van der Waals surface area contributed by atoms with E-state index in [4.69, 9.17) is 5.11 Å². The van der Waals surface area contributed by atoms with E-state index >= 15 is 0 Å². The fourth-order valence-electron chi connectivity index (χ4n) is 1.84. The van der Waals surface area contributed by atoms with Gasteiger partial charge in [-0.1, -0.05) is 11.3 Å². The van der Waals surface area contributed by atoms with Gasteiger partial charge in [0, 0.05) is 30.8 Å². The largest absolute Gasteiger partial charge is 0.396 e. The number of nitrogens with zero attached hydrogens (tertiary/aromatic N) is 1. The third-order valence-electron chi connectivity index (χ3n) is 2.59. The molecule has 1 saturated heterocycles. The minimum Gasteiger partial charge on any atom is -0.396 e. The summed E-state index contributed by atoms with van der Waals surface area (Å²) in [5.74, 6) is 0.417. The number of thiazole rings is 1. The Kier molecular flexibility index (Phi) is 3.00. The van der Waals surface area contributed by atoms with Crippen LogP contribution < -0.4 is 4.87 Å². The lowest BCUT2D eigenvalue weighted by atomic mass is 10.1. The molecule has 2 heterocycles. The first-order valence-electron chi connectivity index (χ1n) is 4.78. The topological polar surface area (TPSA) is 56.3 Å². The van der Waals surface area contributed by atoms with Gasteiger partial charge in [-0.05, 0) is 18.9 Å². The second kappa shape index (κ2) is 4.25. The molecule has 1 aromatic heterocycles. The number of aliphatic hydroxyl groups excluding tert-OH is 1. The van der Waals surface area contributed by atoms with Gasteiger partial charge < -0.3 is 10.1 Å². The minimum absolute atomic E-state index is 0.0119. The van der Waals surface area contributed by atoms with Gasteiger partial charge in [0.25, 0.3) is 0 Å². The van der Waals surface area contributed by atoms with Gasteiger partial charge in [-0.15, -0.1) is 0 Å². The van der Waals surface area contributed by atoms with E-state index in [-0.39, 0.29) is 11.5 Å². The molecule has 1 unspecified atom stereocenters. The molecule has 1 aliphatic heterocycles. The number of aromatic nitrogens is 1. The molecule has 0 radical (unpaired) electrons. The Balaban J connectivity index is 1.90. The van der Waals surface area contributed by atoms with Gasteiger partial charge in [0.15, 0.2) is 0 Å². The van der Waals surface area contributed by atoms with Crippen molar-refractivity contribution in [2.75, 3.05) is 19.7 Å². The molecule has 1 atom stereocenters. The van der Waals surface area contributed by atoms with Crippen molar-refractivity contribution in [2.45, 2.75) is 13.0 Å². The lowest BCUT2D eigenvalue weighted by Gasteiger charge is -2.13. The maximum absolute atomic E-state index is 10.9. The quantitative estimate of drug-likeness (QED) is 0.758. The van der Waals surface area contributed by atoms with Crippen molar-refractivity contribution in [3.63, 3.8) is 0 Å². The first-order chi connectivity index (χ1) is 6.78. The fraction of sp³-hybridized carbons (Fsp3) is 0.667. The summed E-state index contributed by atoms with van der Waals surface area (Å²) < 4.78 is 0. The van der Waals surface area contributed by atoms with Gasteiger partial charge in [-0.3, -0.25) is 9.69 Å². The minimum atomic E-state index is 0.0119. The zero-order valence-electron chi connectivity index (χ0n) is 7.90. The van der Waals surface area contributed by atoms with Gasteiger partial charge in [0.2, 0.25) is 0 Å². The fourth-order valence-corrected chi connectivity index (χ4v) is 2.41. The van der Waals surface area contributed by atoms with E-state index in [9.17, 15) is 4.79 Å². The molecule has 1 aromatic rings. The van der Waals surface area contributed by atoms with Gasteiger partial charge >= 0.3 is 4.87 Å². The molecule has 0 bridgehead atoms. The van der Waals surface area contributed by atoms with Gasteiger partial charge in [0.1, 0.15) is 0 Å². The number of hydrogen-bond donors (Lipinski definition) is 2. The molecule has 4 nitrogen and oxygen atoms in total. The molecule has 1 fully saturated rings. The van der Waals surface area contributed by atoms with Crippen LogP contribution in [0, 0.1) is 5.92 Å². The van der Waals surface area contributed by atoms with Crippen LogP contribution in [-0.4, -0.2) is 34.7 Å². The average molecular weight is 214 g/mol. The summed E-state index contributed by atoms with van der Waals surface area (Å²) in [5.41, 5.74) is 0.985. The monoisotopic (exact) mass is 214 g/mol. The predicted octanol–water partition coefficient (Wildman–Crippen LogP) is 0.251. The molecule has 0 spiro atoms. The van der Waals surface area contributed by atoms with Crippen molar-refractivity contribution in [1.29, 1.82) is 0 Å². The molecule has 5 heteroatoms. The van der Waals surface area contributed by atoms with E-state index in [2.05, 4.69) is 9.88 Å². The molecule has 14 heavy (non-hydrogen) atoms. The second-order valence-electron chi connectivity index (χ2n) is 3.75. The first kappa shape index (κ1) is 9.89. The lowest BCUT2D eigenvalue weighted by molar-refractivity contribution is 0.219. The van der Waals surface area contributed by atoms with Crippen LogP contribution in [0.5, 0.6) is 0 Å². The smallest absolute Gasteiger partial charge is 0.304 e. The third-order valence-corrected chi connectivity index (χ3v) is 3.31. The summed E-state index contributed by atoms with van der Waals surface area (Å²) in [6, 6.07) is 0. The number of nitrogens with one attached hydrogen (secondary N) is 1. The van der Waals surface area contributed by atoms with E-state index < -0.39 is 0 Å². The van der Waals surface area contributed by atoms with Crippen LogP contribution in [-0.2, 0) is 6.54 Å². The standard InChI is InChI=1S/C9H14N2O2S/c12-5-7-1-2-11(3-7)4-8-6-14-9(13)10-8/h6-7,12H,1-5H2,(H,10,13). The summed E-state index contributed by atoms with van der Waals surface area (Å²) in [6.45, 7) is 3.03. The van der Waals surface area contributed by atoms with Crippen LogP contribution in [0.25, 0.3) is 0 Å². The van der Waals surface area contributed by atoms with E-state index in [0.29, 0.717) is 5.92 Å². The summed E-state index contributed by atoms with van der Waals surface area (Å²) in [7, 11) is 0. The zero-order chi connectivity index (χ0) is 9.97. The third kappa shape index (κ3) is 2.23. The summed E-state index contributed by atoms with van der Waals surface area (Å²) in [5, 5.41) is 10.8. The van der Waals surface area contributed by atoms with Gasteiger partial charge in [0.05, 0.1) is 0 Å². The molecule has 2 rings (SSSR count). The van der Waals surface area contributed by atoms with E-state index in [1.807, 2.05) is 5.38 Å². The molecular weight excluding hydrogens is 200 g/mol. The number of aromatic amines is 1.